The first-order chi connectivity index (χ1) is 16.3. The van der Waals surface area contributed by atoms with Crippen molar-refractivity contribution < 1.29 is 22.8 Å². The maximum atomic E-state index is 12.9. The molecule has 0 saturated carbocycles. The highest BCUT2D eigenvalue weighted by Crippen LogP contribution is 2.42. The van der Waals surface area contributed by atoms with E-state index in [9.17, 15) is 22.8 Å². The summed E-state index contributed by atoms with van der Waals surface area (Å²) in [6, 6.07) is 21.4. The Bertz CT molecular complexity index is 1150. The van der Waals surface area contributed by atoms with Crippen molar-refractivity contribution in [2.24, 2.45) is 0 Å². The van der Waals surface area contributed by atoms with Crippen LogP contribution < -0.4 is 10.2 Å². The molecule has 1 aliphatic rings. The lowest BCUT2D eigenvalue weighted by Crippen LogP contribution is -2.27. The average Bonchev–Trinajstić information content (AvgIpc) is 3.21. The summed E-state index contributed by atoms with van der Waals surface area (Å²) < 4.78 is 38.7. The summed E-state index contributed by atoms with van der Waals surface area (Å²) in [5.74, 6) is -0.294. The number of carbonyl (C=O) groups excluding carboxylic acids is 2. The van der Waals surface area contributed by atoms with Crippen LogP contribution in [-0.4, -0.2) is 17.6 Å². The normalized spacial score (nSPS) is 17.0. The number of rotatable bonds is 6. The first-order valence-electron chi connectivity index (χ1n) is 10.8. The van der Waals surface area contributed by atoms with Crippen molar-refractivity contribution in [1.29, 1.82) is 0 Å². The van der Waals surface area contributed by atoms with Crippen molar-refractivity contribution in [3.05, 3.63) is 95.6 Å². The van der Waals surface area contributed by atoms with Gasteiger partial charge in [-0.1, -0.05) is 49.4 Å². The van der Waals surface area contributed by atoms with Crippen LogP contribution >= 0.6 is 11.8 Å². The lowest BCUT2D eigenvalue weighted by Gasteiger charge is -2.25. The molecule has 34 heavy (non-hydrogen) atoms. The van der Waals surface area contributed by atoms with E-state index in [1.807, 2.05) is 49.4 Å². The van der Waals surface area contributed by atoms with Gasteiger partial charge in [0.25, 0.3) is 0 Å². The summed E-state index contributed by atoms with van der Waals surface area (Å²) in [5.41, 5.74) is 2.07. The topological polar surface area (TPSA) is 49.4 Å². The van der Waals surface area contributed by atoms with Crippen LogP contribution in [0.2, 0.25) is 0 Å². The second-order valence-corrected chi connectivity index (χ2v) is 9.02. The first-order valence-corrected chi connectivity index (χ1v) is 11.9. The second kappa shape index (κ2) is 9.93. The number of alkyl halides is 3. The number of hydrogen-bond acceptors (Lipinski definition) is 3. The van der Waals surface area contributed by atoms with Gasteiger partial charge in [0.2, 0.25) is 11.8 Å². The molecule has 4 nitrogen and oxygen atoms in total. The van der Waals surface area contributed by atoms with Crippen molar-refractivity contribution in [1.82, 2.24) is 0 Å². The summed E-state index contributed by atoms with van der Waals surface area (Å²) in [7, 11) is 0. The quantitative estimate of drug-likeness (QED) is 0.428. The van der Waals surface area contributed by atoms with Crippen LogP contribution in [0.15, 0.2) is 78.9 Å². The molecule has 3 aromatic carbocycles. The van der Waals surface area contributed by atoms with Gasteiger partial charge in [0.1, 0.15) is 5.37 Å². The number of hydrogen-bond donors (Lipinski definition) is 1. The van der Waals surface area contributed by atoms with Crippen LogP contribution in [0.3, 0.4) is 0 Å². The molecule has 2 amide bonds. The van der Waals surface area contributed by atoms with Crippen LogP contribution in [0.1, 0.15) is 41.3 Å². The van der Waals surface area contributed by atoms with E-state index in [0.717, 1.165) is 23.3 Å². The molecule has 0 unspecified atom stereocenters. The fraction of sp³-hybridized carbons (Fsp3) is 0.231. The molecule has 2 atom stereocenters. The minimum Gasteiger partial charge on any atom is -0.326 e. The van der Waals surface area contributed by atoms with E-state index in [1.54, 1.807) is 12.1 Å². The Labute approximate surface area is 200 Å². The maximum absolute atomic E-state index is 12.9. The number of benzene rings is 3. The van der Waals surface area contributed by atoms with Crippen molar-refractivity contribution in [3.63, 3.8) is 0 Å². The Kier molecular flexibility index (Phi) is 6.97. The van der Waals surface area contributed by atoms with E-state index in [1.165, 1.54) is 28.8 Å². The van der Waals surface area contributed by atoms with Gasteiger partial charge in [-0.05, 0) is 53.9 Å². The Morgan fingerprint density at radius 2 is 1.68 bits per heavy atom. The molecule has 0 radical (unpaired) electrons. The number of carbonyl (C=O) groups is 2. The molecule has 0 aliphatic carbocycles. The highest BCUT2D eigenvalue weighted by atomic mass is 32.2. The van der Waals surface area contributed by atoms with Crippen molar-refractivity contribution in [2.75, 3.05) is 16.0 Å². The van der Waals surface area contributed by atoms with E-state index in [2.05, 4.69) is 5.32 Å². The largest absolute Gasteiger partial charge is 0.416 e. The number of thioether (sulfide) groups is 1. The molecule has 0 bridgehead atoms. The second-order valence-electron chi connectivity index (χ2n) is 7.95. The molecule has 1 N–H and O–H groups in total. The Morgan fingerprint density at radius 1 is 1.03 bits per heavy atom. The van der Waals surface area contributed by atoms with Crippen LogP contribution in [0, 0.1) is 0 Å². The smallest absolute Gasteiger partial charge is 0.326 e. The van der Waals surface area contributed by atoms with Gasteiger partial charge >= 0.3 is 6.18 Å². The van der Waals surface area contributed by atoms with Gasteiger partial charge < -0.3 is 5.32 Å². The summed E-state index contributed by atoms with van der Waals surface area (Å²) in [6.45, 7) is 1.96. The molecule has 1 aliphatic heterocycles. The summed E-state index contributed by atoms with van der Waals surface area (Å²) in [5, 5.41) is 2.59. The fourth-order valence-corrected chi connectivity index (χ4v) is 5.16. The average molecular weight is 485 g/mol. The predicted octanol–water partition coefficient (Wildman–Crippen LogP) is 6.62. The monoisotopic (exact) mass is 484 g/mol. The number of halogens is 3. The molecule has 8 heteroatoms. The van der Waals surface area contributed by atoms with E-state index in [0.29, 0.717) is 17.8 Å². The Morgan fingerprint density at radius 3 is 2.26 bits per heavy atom. The van der Waals surface area contributed by atoms with Gasteiger partial charge in [0.05, 0.1) is 17.2 Å². The molecule has 3 aromatic rings. The molecular formula is C26H23F3N2O2S. The highest BCUT2D eigenvalue weighted by Gasteiger charge is 2.35. The Hall–Kier alpha value is -3.26. The first kappa shape index (κ1) is 23.9. The van der Waals surface area contributed by atoms with Gasteiger partial charge in [0.15, 0.2) is 0 Å². The summed E-state index contributed by atoms with van der Waals surface area (Å²) in [6.07, 6.45) is -3.77. The van der Waals surface area contributed by atoms with Crippen LogP contribution in [0.4, 0.5) is 24.5 Å². The third-order valence-corrected chi connectivity index (χ3v) is 6.94. The predicted molar refractivity (Wildman–Crippen MR) is 129 cm³/mol. The van der Waals surface area contributed by atoms with E-state index in [-0.39, 0.29) is 28.9 Å². The van der Waals surface area contributed by atoms with Crippen LogP contribution in [0.5, 0.6) is 0 Å². The van der Waals surface area contributed by atoms with E-state index >= 15 is 0 Å². The molecular weight excluding hydrogens is 461 g/mol. The van der Waals surface area contributed by atoms with Crippen molar-refractivity contribution in [3.8, 4) is 0 Å². The Balaban J connectivity index is 1.49. The SMILES string of the molecule is CC[C@H](C(=O)Nc1ccc([C@H]2SCC(=O)N2c2ccc(C(F)(F)F)cc2)cc1)c1ccccc1. The molecule has 1 saturated heterocycles. The lowest BCUT2D eigenvalue weighted by molar-refractivity contribution is -0.137. The zero-order valence-corrected chi connectivity index (χ0v) is 19.2. The highest BCUT2D eigenvalue weighted by molar-refractivity contribution is 8.00. The van der Waals surface area contributed by atoms with E-state index < -0.39 is 11.7 Å². The number of nitrogens with zero attached hydrogens (tertiary/aromatic N) is 1. The van der Waals surface area contributed by atoms with Gasteiger partial charge in [-0.25, -0.2) is 0 Å². The number of amides is 2. The number of nitrogens with one attached hydrogen (secondary N) is 1. The van der Waals surface area contributed by atoms with Crippen molar-refractivity contribution >= 4 is 35.0 Å². The molecule has 0 aromatic heterocycles. The standard InChI is InChI=1S/C26H23F3N2O2S/c1-2-22(17-6-4-3-5-7-17)24(33)30-20-12-8-18(9-13-20)25-31(23(32)16-34-25)21-14-10-19(11-15-21)26(27,28)29/h3-15,22,25H,2,16H2,1H3,(H,30,33)/t22-,25+/m0/s1. The minimum atomic E-state index is -4.43. The molecule has 1 heterocycles. The molecule has 4 rings (SSSR count). The van der Waals surface area contributed by atoms with E-state index in [4.69, 9.17) is 0 Å². The third-order valence-electron chi connectivity index (χ3n) is 5.73. The third kappa shape index (κ3) is 5.12. The zero-order valence-electron chi connectivity index (χ0n) is 18.4. The van der Waals surface area contributed by atoms with Gasteiger partial charge in [-0.2, -0.15) is 13.2 Å². The lowest BCUT2D eigenvalue weighted by atomic mass is 9.95. The maximum Gasteiger partial charge on any atom is 0.416 e. The molecule has 0 spiro atoms. The summed E-state index contributed by atoms with van der Waals surface area (Å²) >= 11 is 1.41. The fourth-order valence-electron chi connectivity index (χ4n) is 3.98. The zero-order chi connectivity index (χ0) is 24.3. The number of anilines is 2. The van der Waals surface area contributed by atoms with Gasteiger partial charge in [0, 0.05) is 11.4 Å². The van der Waals surface area contributed by atoms with Crippen LogP contribution in [-0.2, 0) is 15.8 Å². The summed E-state index contributed by atoms with van der Waals surface area (Å²) in [4.78, 5) is 26.9. The molecule has 176 valence electrons. The van der Waals surface area contributed by atoms with Crippen molar-refractivity contribution in [2.45, 2.75) is 30.8 Å². The van der Waals surface area contributed by atoms with Gasteiger partial charge in [-0.15, -0.1) is 11.8 Å². The van der Waals surface area contributed by atoms with Gasteiger partial charge in [-0.3, -0.25) is 14.5 Å². The minimum absolute atomic E-state index is 0.0988. The van der Waals surface area contributed by atoms with Crippen LogP contribution in [0.25, 0.3) is 0 Å². The molecule has 1 fully saturated rings.